The molecule has 0 aliphatic carbocycles. The van der Waals surface area contributed by atoms with Crippen LogP contribution in [-0.2, 0) is 14.3 Å². The molecule has 9 rings (SSSR count). The van der Waals surface area contributed by atoms with E-state index in [9.17, 15) is 14.4 Å². The number of aromatic nitrogens is 4. The second-order valence-corrected chi connectivity index (χ2v) is 16.7. The van der Waals surface area contributed by atoms with Crippen LogP contribution in [0.5, 0.6) is 0 Å². The number of nitrogens with one attached hydrogen (secondary N) is 3. The van der Waals surface area contributed by atoms with E-state index < -0.39 is 18.2 Å². The van der Waals surface area contributed by atoms with Gasteiger partial charge in [0, 0.05) is 29.4 Å². The molecule has 4 atom stereocenters. The third kappa shape index (κ3) is 6.96. The molecule has 0 radical (unpaired) electrons. The van der Waals surface area contributed by atoms with Crippen molar-refractivity contribution in [1.82, 2.24) is 35.1 Å². The van der Waals surface area contributed by atoms with E-state index in [1.807, 2.05) is 61.8 Å². The first kappa shape index (κ1) is 38.3. The molecule has 3 aromatic heterocycles. The number of hydrogen-bond acceptors (Lipinski definition) is 8. The average molecular weight is 795 g/mol. The van der Waals surface area contributed by atoms with Crippen molar-refractivity contribution in [3.05, 3.63) is 84.4 Å². The second-order valence-electron chi connectivity index (χ2n) is 16.7. The average Bonchev–Trinajstić information content (AvgIpc) is 4.09. The van der Waals surface area contributed by atoms with E-state index in [-0.39, 0.29) is 35.7 Å². The number of rotatable bonds is 9. The fraction of sp³-hybridized carbons (Fsp3) is 0.370. The van der Waals surface area contributed by atoms with Gasteiger partial charge in [-0.15, -0.1) is 0 Å². The molecule has 7 aromatic rings. The van der Waals surface area contributed by atoms with Gasteiger partial charge in [-0.25, -0.2) is 14.8 Å². The number of fused-ring (bicyclic) bond motifs is 5. The van der Waals surface area contributed by atoms with E-state index in [0.717, 1.165) is 104 Å². The van der Waals surface area contributed by atoms with Gasteiger partial charge >= 0.3 is 6.09 Å². The van der Waals surface area contributed by atoms with Crippen molar-refractivity contribution >= 4 is 61.7 Å². The molecule has 2 aliphatic rings. The number of ether oxygens (including phenoxy) is 1. The molecule has 59 heavy (non-hydrogen) atoms. The van der Waals surface area contributed by atoms with E-state index in [2.05, 4.69) is 63.8 Å². The zero-order chi connectivity index (χ0) is 41.1. The number of H-pyrrole nitrogens is 2. The number of carbonyl (C=O) groups excluding carboxylic acids is 3. The first-order valence-corrected chi connectivity index (χ1v) is 20.6. The summed E-state index contributed by atoms with van der Waals surface area (Å²) < 4.78 is 11.2. The lowest BCUT2D eigenvalue weighted by Crippen LogP contribution is -2.51. The van der Waals surface area contributed by atoms with Gasteiger partial charge in [0.2, 0.25) is 11.8 Å². The molecular formula is C46H50N8O5. The van der Waals surface area contributed by atoms with Crippen LogP contribution in [0.15, 0.2) is 77.2 Å². The number of carbonyl (C=O) groups is 3. The summed E-state index contributed by atoms with van der Waals surface area (Å²) in [5.41, 5.74) is 13.6. The first-order chi connectivity index (χ1) is 28.5. The molecule has 2 fully saturated rings. The van der Waals surface area contributed by atoms with Crippen LogP contribution in [0.1, 0.15) is 77.1 Å². The fourth-order valence-electron chi connectivity index (χ4n) is 8.86. The number of benzene rings is 4. The lowest BCUT2D eigenvalue weighted by molar-refractivity contribution is -0.136. The minimum absolute atomic E-state index is 0.0197. The van der Waals surface area contributed by atoms with Gasteiger partial charge in [-0.2, -0.15) is 0 Å². The van der Waals surface area contributed by atoms with Gasteiger partial charge in [-0.1, -0.05) is 52.0 Å². The summed E-state index contributed by atoms with van der Waals surface area (Å²) >= 11 is 0. The fourth-order valence-corrected chi connectivity index (χ4v) is 8.86. The van der Waals surface area contributed by atoms with Gasteiger partial charge in [-0.3, -0.25) is 9.59 Å². The number of aromatic amines is 2. The van der Waals surface area contributed by atoms with Crippen molar-refractivity contribution < 1.29 is 23.5 Å². The van der Waals surface area contributed by atoms with Crippen molar-refractivity contribution in [3.8, 4) is 22.5 Å². The number of amides is 3. The van der Waals surface area contributed by atoms with E-state index >= 15 is 0 Å². The summed E-state index contributed by atoms with van der Waals surface area (Å²) in [7, 11) is 1.30. The quantitative estimate of drug-likeness (QED) is 0.113. The summed E-state index contributed by atoms with van der Waals surface area (Å²) in [6.45, 7) is 9.06. The van der Waals surface area contributed by atoms with E-state index in [1.165, 1.54) is 7.11 Å². The van der Waals surface area contributed by atoms with Crippen LogP contribution in [0, 0.1) is 11.8 Å². The van der Waals surface area contributed by atoms with Crippen molar-refractivity contribution in [2.45, 2.75) is 77.5 Å². The lowest BCUT2D eigenvalue weighted by Gasteiger charge is -2.29. The Hall–Kier alpha value is -6.21. The van der Waals surface area contributed by atoms with Crippen LogP contribution in [-0.4, -0.2) is 79.9 Å². The normalized spacial score (nSPS) is 18.2. The van der Waals surface area contributed by atoms with Gasteiger partial charge in [0.1, 0.15) is 29.0 Å². The van der Waals surface area contributed by atoms with Crippen LogP contribution in [0.2, 0.25) is 0 Å². The summed E-state index contributed by atoms with van der Waals surface area (Å²) in [4.78, 5) is 59.6. The lowest BCUT2D eigenvalue weighted by atomic mass is 9.99. The topological polar surface area (TPSA) is 175 Å². The number of nitrogens with two attached hydrogens (primary N) is 1. The molecule has 13 heteroatoms. The molecule has 5 heterocycles. The number of nitrogens with zero attached hydrogens (tertiary/aromatic N) is 4. The SMILES string of the molecule is COC(=O)N[C@H](C(=O)N1CCCC1c1nc2ccc3cc(-c4ccc5oc(-c6ccc7nc([C@@H]8CCCN8C(=O)[C@@H](N)C(C)C)[nH]c7c6)cc5c4)ccc3c2[nH]1)C(C)C. The molecular weight excluding hydrogens is 745 g/mol. The number of hydrogen-bond donors (Lipinski definition) is 4. The molecule has 0 spiro atoms. The van der Waals surface area contributed by atoms with Gasteiger partial charge in [-0.05, 0) is 103 Å². The Labute approximate surface area is 341 Å². The van der Waals surface area contributed by atoms with Gasteiger partial charge < -0.3 is 40.0 Å². The molecule has 1 unspecified atom stereocenters. The Kier molecular flexibility index (Phi) is 9.86. The van der Waals surface area contributed by atoms with E-state index in [4.69, 9.17) is 24.9 Å². The molecule has 13 nitrogen and oxygen atoms in total. The maximum absolute atomic E-state index is 13.7. The van der Waals surface area contributed by atoms with Crippen LogP contribution < -0.4 is 11.1 Å². The monoisotopic (exact) mass is 794 g/mol. The summed E-state index contributed by atoms with van der Waals surface area (Å²) in [5, 5.41) is 5.83. The van der Waals surface area contributed by atoms with Crippen LogP contribution in [0.4, 0.5) is 4.79 Å². The Morgan fingerprint density at radius 2 is 1.41 bits per heavy atom. The summed E-state index contributed by atoms with van der Waals surface area (Å²) in [6.07, 6.45) is 2.78. The van der Waals surface area contributed by atoms with Crippen LogP contribution >= 0.6 is 0 Å². The highest BCUT2D eigenvalue weighted by Crippen LogP contribution is 2.38. The minimum atomic E-state index is -0.692. The predicted molar refractivity (Wildman–Crippen MR) is 228 cm³/mol. The van der Waals surface area contributed by atoms with Gasteiger partial charge in [0.15, 0.2) is 0 Å². The first-order valence-electron chi connectivity index (χ1n) is 20.6. The number of methoxy groups -OCH3 is 1. The molecule has 304 valence electrons. The van der Waals surface area contributed by atoms with Crippen molar-refractivity contribution in [1.29, 1.82) is 0 Å². The van der Waals surface area contributed by atoms with Crippen LogP contribution in [0.3, 0.4) is 0 Å². The van der Waals surface area contributed by atoms with Crippen molar-refractivity contribution in [2.24, 2.45) is 17.6 Å². The van der Waals surface area contributed by atoms with Crippen molar-refractivity contribution in [2.75, 3.05) is 20.2 Å². The number of alkyl carbamates (subject to hydrolysis) is 1. The largest absolute Gasteiger partial charge is 0.456 e. The smallest absolute Gasteiger partial charge is 0.407 e. The third-order valence-electron chi connectivity index (χ3n) is 12.2. The Balaban J connectivity index is 0.955. The number of likely N-dealkylation sites (tertiary alicyclic amines) is 2. The van der Waals surface area contributed by atoms with E-state index in [1.54, 1.807) is 0 Å². The molecule has 4 aromatic carbocycles. The zero-order valence-corrected chi connectivity index (χ0v) is 34.0. The maximum atomic E-state index is 13.7. The molecule has 2 saturated heterocycles. The Bertz CT molecular complexity index is 2750. The Morgan fingerprint density at radius 1 is 0.763 bits per heavy atom. The maximum Gasteiger partial charge on any atom is 0.407 e. The predicted octanol–water partition coefficient (Wildman–Crippen LogP) is 8.36. The second kappa shape index (κ2) is 15.2. The number of imidazole rings is 2. The molecule has 5 N–H and O–H groups in total. The van der Waals surface area contributed by atoms with Gasteiger partial charge in [0.05, 0.1) is 47.3 Å². The minimum Gasteiger partial charge on any atom is -0.456 e. The molecule has 2 aliphatic heterocycles. The summed E-state index contributed by atoms with van der Waals surface area (Å²) in [6, 6.07) is 23.4. The number of furan rings is 1. The third-order valence-corrected chi connectivity index (χ3v) is 12.2. The Morgan fingerprint density at radius 3 is 2.12 bits per heavy atom. The van der Waals surface area contributed by atoms with Gasteiger partial charge in [0.25, 0.3) is 0 Å². The highest BCUT2D eigenvalue weighted by Gasteiger charge is 2.38. The highest BCUT2D eigenvalue weighted by molar-refractivity contribution is 6.05. The zero-order valence-electron chi connectivity index (χ0n) is 34.0. The highest BCUT2D eigenvalue weighted by atomic mass is 16.5. The van der Waals surface area contributed by atoms with Crippen LogP contribution in [0.25, 0.3) is 66.3 Å². The van der Waals surface area contributed by atoms with E-state index in [0.29, 0.717) is 13.1 Å². The molecule has 3 amide bonds. The summed E-state index contributed by atoms with van der Waals surface area (Å²) in [5.74, 6) is 2.10. The van der Waals surface area contributed by atoms with Crippen molar-refractivity contribution in [3.63, 3.8) is 0 Å². The molecule has 0 bridgehead atoms. The molecule has 0 saturated carbocycles. The standard InChI is InChI=1S/C46H50N8O5/c1-24(2)39(47)44(55)53-18-6-8-35(53)42-48-32-15-12-29(22-34(32)50-42)38-23-30-21-27(13-17-37(30)59-38)26-10-14-31-28(20-26)11-16-33-41(31)51-43(49-33)36-9-7-19-54(36)45(56)40(25(3)4)52-46(57)58-5/h10-17,20-25,35-36,39-40H,6-9,18-19,47H2,1-5H3,(H,48,50)(H,49,51)(H,52,57)/t35-,36?,39-,40-/m0/s1.